The molecule has 1 aromatic heterocycles. The summed E-state index contributed by atoms with van der Waals surface area (Å²) in [5.41, 5.74) is 0.448. The van der Waals surface area contributed by atoms with Crippen molar-refractivity contribution < 1.29 is 22.8 Å². The van der Waals surface area contributed by atoms with E-state index >= 15 is 0 Å². The standard InChI is InChI=1S/C28H30ClN5O5S/c1-18(27(36)33-12-3-5-23(17-33)31-26(35)21-4-2-11-30-16-21)34-13-10-25(28(34)37)32-40(38,39)24-9-7-19-14-22(29)8-6-20(19)15-24/h2,4,6-9,11,14-16,18,23,25,32H,3,5,10,12-13,17H2,1H3,(H,31,35). The zero-order valence-electron chi connectivity index (χ0n) is 21.9. The van der Waals surface area contributed by atoms with Crippen molar-refractivity contribution in [2.75, 3.05) is 19.6 Å². The second kappa shape index (κ2) is 11.5. The smallest absolute Gasteiger partial charge is 0.253 e. The number of nitrogens with one attached hydrogen (secondary N) is 2. The maximum absolute atomic E-state index is 13.4. The Morgan fingerprint density at radius 1 is 1.07 bits per heavy atom. The first-order chi connectivity index (χ1) is 19.1. The van der Waals surface area contributed by atoms with Gasteiger partial charge in [0.2, 0.25) is 21.8 Å². The van der Waals surface area contributed by atoms with Gasteiger partial charge in [-0.05, 0) is 73.4 Å². The number of halogens is 1. The predicted octanol–water partition coefficient (Wildman–Crippen LogP) is 2.58. The van der Waals surface area contributed by atoms with E-state index in [-0.39, 0.29) is 35.7 Å². The average Bonchev–Trinajstić information content (AvgIpc) is 3.31. The molecule has 5 rings (SSSR count). The highest BCUT2D eigenvalue weighted by Crippen LogP contribution is 2.24. The topological polar surface area (TPSA) is 129 Å². The van der Waals surface area contributed by atoms with Gasteiger partial charge < -0.3 is 15.1 Å². The van der Waals surface area contributed by atoms with E-state index < -0.39 is 28.0 Å². The summed E-state index contributed by atoms with van der Waals surface area (Å²) in [6.07, 6.45) is 4.78. The maximum atomic E-state index is 13.4. The fourth-order valence-electron chi connectivity index (χ4n) is 5.27. The zero-order chi connectivity index (χ0) is 28.4. The van der Waals surface area contributed by atoms with Crippen LogP contribution in [0.5, 0.6) is 0 Å². The van der Waals surface area contributed by atoms with Crippen LogP contribution < -0.4 is 10.0 Å². The SMILES string of the molecule is CC(C(=O)N1CCCC(NC(=O)c2cccnc2)C1)N1CCC(NS(=O)(=O)c2ccc3cc(Cl)ccc3c2)C1=O. The monoisotopic (exact) mass is 583 g/mol. The molecule has 3 aromatic rings. The number of piperidine rings is 1. The van der Waals surface area contributed by atoms with Gasteiger partial charge in [0.15, 0.2) is 0 Å². The van der Waals surface area contributed by atoms with E-state index in [9.17, 15) is 22.8 Å². The zero-order valence-corrected chi connectivity index (χ0v) is 23.5. The van der Waals surface area contributed by atoms with E-state index in [1.807, 2.05) is 0 Å². The van der Waals surface area contributed by atoms with Crippen molar-refractivity contribution in [1.82, 2.24) is 24.8 Å². The molecular weight excluding hydrogens is 554 g/mol. The number of sulfonamides is 1. The van der Waals surface area contributed by atoms with Gasteiger partial charge in [-0.15, -0.1) is 0 Å². The largest absolute Gasteiger partial charge is 0.347 e. The summed E-state index contributed by atoms with van der Waals surface area (Å²) in [7, 11) is -3.98. The molecule has 3 unspecified atom stereocenters. The number of rotatable bonds is 7. The summed E-state index contributed by atoms with van der Waals surface area (Å²) in [4.78, 5) is 46.2. The van der Waals surface area contributed by atoms with E-state index in [0.29, 0.717) is 35.5 Å². The molecule has 2 aromatic carbocycles. The van der Waals surface area contributed by atoms with Gasteiger partial charge in [-0.2, -0.15) is 4.72 Å². The van der Waals surface area contributed by atoms with Crippen LogP contribution in [-0.2, 0) is 19.6 Å². The Labute approximate surface area is 237 Å². The summed E-state index contributed by atoms with van der Waals surface area (Å²) in [6, 6.07) is 11.3. The summed E-state index contributed by atoms with van der Waals surface area (Å²) >= 11 is 6.02. The minimum Gasteiger partial charge on any atom is -0.347 e. The fourth-order valence-corrected chi connectivity index (χ4v) is 6.71. The lowest BCUT2D eigenvalue weighted by Crippen LogP contribution is -2.55. The van der Waals surface area contributed by atoms with Crippen LogP contribution in [-0.4, -0.2) is 78.7 Å². The number of fused-ring (bicyclic) bond motifs is 1. The van der Waals surface area contributed by atoms with Crippen LogP contribution in [0.3, 0.4) is 0 Å². The molecule has 0 aliphatic carbocycles. The van der Waals surface area contributed by atoms with Crippen LogP contribution >= 0.6 is 11.6 Å². The quantitative estimate of drug-likeness (QED) is 0.440. The van der Waals surface area contributed by atoms with Gasteiger partial charge in [-0.1, -0.05) is 23.7 Å². The maximum Gasteiger partial charge on any atom is 0.253 e. The Morgan fingerprint density at radius 3 is 2.62 bits per heavy atom. The Hall–Kier alpha value is -3.54. The first-order valence-corrected chi connectivity index (χ1v) is 15.0. The Kier molecular flexibility index (Phi) is 8.07. The van der Waals surface area contributed by atoms with Crippen LogP contribution in [0.4, 0.5) is 0 Å². The number of benzene rings is 2. The van der Waals surface area contributed by atoms with Crippen molar-refractivity contribution in [3.05, 3.63) is 71.5 Å². The lowest BCUT2D eigenvalue weighted by molar-refractivity contribution is -0.144. The molecule has 10 nitrogen and oxygen atoms in total. The van der Waals surface area contributed by atoms with Gasteiger partial charge in [-0.3, -0.25) is 19.4 Å². The molecule has 12 heteroatoms. The third-order valence-corrected chi connectivity index (χ3v) is 9.14. The average molecular weight is 584 g/mol. The normalized spacial score (nSPS) is 20.5. The Bertz CT molecular complexity index is 1550. The Morgan fingerprint density at radius 2 is 1.85 bits per heavy atom. The minimum atomic E-state index is -3.98. The number of carbonyl (C=O) groups is 3. The highest BCUT2D eigenvalue weighted by molar-refractivity contribution is 7.89. The van der Waals surface area contributed by atoms with E-state index in [1.165, 1.54) is 23.2 Å². The first-order valence-electron chi connectivity index (χ1n) is 13.1. The molecular formula is C28H30ClN5O5S. The summed E-state index contributed by atoms with van der Waals surface area (Å²) < 4.78 is 28.7. The Balaban J connectivity index is 1.20. The van der Waals surface area contributed by atoms with Gasteiger partial charge in [0.05, 0.1) is 10.5 Å². The number of hydrogen-bond donors (Lipinski definition) is 2. The molecule has 0 spiro atoms. The number of aromatic nitrogens is 1. The molecule has 210 valence electrons. The summed E-state index contributed by atoms with van der Waals surface area (Å²) in [6.45, 7) is 2.77. The third-order valence-electron chi connectivity index (χ3n) is 7.44. The third kappa shape index (κ3) is 5.96. The second-order valence-electron chi connectivity index (χ2n) is 10.2. The van der Waals surface area contributed by atoms with Crippen LogP contribution in [0.15, 0.2) is 65.8 Å². The molecule has 3 atom stereocenters. The summed E-state index contributed by atoms with van der Waals surface area (Å²) in [5.74, 6) is -0.915. The molecule has 3 amide bonds. The van der Waals surface area contributed by atoms with Crippen LogP contribution in [0, 0.1) is 0 Å². The van der Waals surface area contributed by atoms with Crippen molar-refractivity contribution >= 4 is 50.1 Å². The van der Waals surface area contributed by atoms with Crippen LogP contribution in [0.1, 0.15) is 36.5 Å². The molecule has 2 saturated heterocycles. The highest BCUT2D eigenvalue weighted by Gasteiger charge is 2.40. The summed E-state index contributed by atoms with van der Waals surface area (Å²) in [5, 5.41) is 5.03. The molecule has 2 N–H and O–H groups in total. The molecule has 3 heterocycles. The molecule has 0 radical (unpaired) electrons. The van der Waals surface area contributed by atoms with Crippen LogP contribution in [0.25, 0.3) is 10.8 Å². The molecule has 2 aliphatic heterocycles. The van der Waals surface area contributed by atoms with E-state index in [2.05, 4.69) is 15.0 Å². The van der Waals surface area contributed by atoms with E-state index in [1.54, 1.807) is 54.4 Å². The molecule has 0 bridgehead atoms. The number of hydrogen-bond acceptors (Lipinski definition) is 6. The van der Waals surface area contributed by atoms with Crippen molar-refractivity contribution in [2.45, 2.75) is 49.2 Å². The van der Waals surface area contributed by atoms with E-state index in [4.69, 9.17) is 11.6 Å². The van der Waals surface area contributed by atoms with Gasteiger partial charge >= 0.3 is 0 Å². The van der Waals surface area contributed by atoms with Gasteiger partial charge in [0.25, 0.3) is 5.91 Å². The highest BCUT2D eigenvalue weighted by atomic mass is 35.5. The number of amides is 3. The first kappa shape index (κ1) is 28.0. The van der Waals surface area contributed by atoms with E-state index in [0.717, 1.165) is 11.8 Å². The number of likely N-dealkylation sites (tertiary alicyclic amines) is 2. The molecule has 2 aliphatic rings. The van der Waals surface area contributed by atoms with Gasteiger partial charge in [0, 0.05) is 43.1 Å². The number of nitrogens with zero attached hydrogens (tertiary/aromatic N) is 3. The minimum absolute atomic E-state index is 0.0467. The van der Waals surface area contributed by atoms with Crippen molar-refractivity contribution in [3.63, 3.8) is 0 Å². The number of pyridine rings is 1. The number of carbonyl (C=O) groups excluding carboxylic acids is 3. The van der Waals surface area contributed by atoms with Crippen LogP contribution in [0.2, 0.25) is 5.02 Å². The lowest BCUT2D eigenvalue weighted by atomic mass is 10.0. The van der Waals surface area contributed by atoms with Crippen molar-refractivity contribution in [1.29, 1.82) is 0 Å². The van der Waals surface area contributed by atoms with Crippen molar-refractivity contribution in [2.24, 2.45) is 0 Å². The molecule has 2 fully saturated rings. The van der Waals surface area contributed by atoms with Gasteiger partial charge in [-0.25, -0.2) is 8.42 Å². The predicted molar refractivity (Wildman–Crippen MR) is 150 cm³/mol. The van der Waals surface area contributed by atoms with Crippen molar-refractivity contribution in [3.8, 4) is 0 Å². The fraction of sp³-hybridized carbons (Fsp3) is 0.357. The van der Waals surface area contributed by atoms with Gasteiger partial charge in [0.1, 0.15) is 12.1 Å². The lowest BCUT2D eigenvalue weighted by Gasteiger charge is -2.36. The second-order valence-corrected chi connectivity index (χ2v) is 12.3. The molecule has 0 saturated carbocycles. The molecule has 40 heavy (non-hydrogen) atoms.